The van der Waals surface area contributed by atoms with Gasteiger partial charge in [-0.1, -0.05) is 41.1 Å². The molecular formula is C17H27BO2Si. The molecule has 0 aromatic heterocycles. The molecular weight excluding hydrogens is 275 g/mol. The van der Waals surface area contributed by atoms with Crippen molar-refractivity contribution < 1.29 is 9.31 Å². The topological polar surface area (TPSA) is 18.5 Å². The van der Waals surface area contributed by atoms with E-state index in [4.69, 9.17) is 9.31 Å². The van der Waals surface area contributed by atoms with Gasteiger partial charge in [-0.2, -0.15) is 0 Å². The Kier molecular flexibility index (Phi) is 4.81. The second-order valence-electron chi connectivity index (χ2n) is 7.04. The van der Waals surface area contributed by atoms with Gasteiger partial charge >= 0.3 is 7.12 Å². The Labute approximate surface area is 131 Å². The van der Waals surface area contributed by atoms with Crippen molar-refractivity contribution in [2.45, 2.75) is 58.8 Å². The minimum Gasteiger partial charge on any atom is -0.400 e. The Morgan fingerprint density at radius 1 is 1.00 bits per heavy atom. The lowest BCUT2D eigenvalue weighted by Gasteiger charge is -2.32. The number of hydrogen-bond acceptors (Lipinski definition) is 2. The Balaban J connectivity index is 2.03. The highest BCUT2D eigenvalue weighted by molar-refractivity contribution is 6.56. The number of hydrogen-bond donors (Lipinski definition) is 0. The number of rotatable bonds is 4. The van der Waals surface area contributed by atoms with Gasteiger partial charge in [0.1, 0.15) is 0 Å². The van der Waals surface area contributed by atoms with Gasteiger partial charge in [0.05, 0.1) is 20.7 Å². The monoisotopic (exact) mass is 302 g/mol. The van der Waals surface area contributed by atoms with E-state index < -0.39 is 0 Å². The molecule has 1 aliphatic rings. The van der Waals surface area contributed by atoms with Crippen LogP contribution >= 0.6 is 0 Å². The van der Waals surface area contributed by atoms with E-state index in [1.54, 1.807) is 0 Å². The van der Waals surface area contributed by atoms with Gasteiger partial charge in [0.2, 0.25) is 0 Å². The van der Waals surface area contributed by atoms with Crippen molar-refractivity contribution in [1.29, 1.82) is 0 Å². The van der Waals surface area contributed by atoms with E-state index in [2.05, 4.69) is 71.9 Å². The summed E-state index contributed by atoms with van der Waals surface area (Å²) in [5.74, 6) is 0. The smallest absolute Gasteiger partial charge is 0.400 e. The van der Waals surface area contributed by atoms with E-state index in [1.165, 1.54) is 22.3 Å². The van der Waals surface area contributed by atoms with Crippen LogP contribution in [0, 0.1) is 0 Å². The summed E-state index contributed by atoms with van der Waals surface area (Å²) in [4.78, 5) is 0. The molecule has 1 saturated heterocycles. The first kappa shape index (κ1) is 16.5. The summed E-state index contributed by atoms with van der Waals surface area (Å²) in [7, 11) is -0.448. The van der Waals surface area contributed by atoms with Gasteiger partial charge in [0, 0.05) is 0 Å². The van der Waals surface area contributed by atoms with Crippen molar-refractivity contribution in [3.05, 3.63) is 41.4 Å². The zero-order chi connectivity index (χ0) is 15.7. The van der Waals surface area contributed by atoms with Gasteiger partial charge in [-0.15, -0.1) is 0 Å². The highest BCUT2D eigenvalue weighted by atomic mass is 28.2. The predicted octanol–water partition coefficient (Wildman–Crippen LogP) is 2.87. The maximum Gasteiger partial charge on any atom is 0.490 e. The van der Waals surface area contributed by atoms with Crippen LogP contribution in [0.4, 0.5) is 0 Å². The van der Waals surface area contributed by atoms with Gasteiger partial charge in [0.25, 0.3) is 0 Å². The second-order valence-corrected chi connectivity index (χ2v) is 8.85. The highest BCUT2D eigenvalue weighted by Gasteiger charge is 2.51. The maximum atomic E-state index is 6.13. The molecule has 1 heterocycles. The van der Waals surface area contributed by atoms with Crippen molar-refractivity contribution in [2.75, 3.05) is 0 Å². The van der Waals surface area contributed by atoms with Crippen LogP contribution in [0.1, 0.15) is 41.5 Å². The van der Waals surface area contributed by atoms with E-state index in [9.17, 15) is 0 Å². The molecule has 0 saturated carbocycles. The van der Waals surface area contributed by atoms with E-state index >= 15 is 0 Å². The molecule has 0 amide bonds. The van der Waals surface area contributed by atoms with Gasteiger partial charge in [-0.3, -0.25) is 0 Å². The summed E-state index contributed by atoms with van der Waals surface area (Å²) >= 11 is 0. The molecule has 1 aromatic carbocycles. The first-order valence-electron chi connectivity index (χ1n) is 7.79. The lowest BCUT2D eigenvalue weighted by molar-refractivity contribution is 0.00578. The van der Waals surface area contributed by atoms with Crippen LogP contribution in [0.3, 0.4) is 0 Å². The lowest BCUT2D eigenvalue weighted by atomic mass is 9.77. The van der Waals surface area contributed by atoms with Crippen LogP contribution in [0.25, 0.3) is 0 Å². The Hall–Kier alpha value is -0.838. The molecule has 2 nitrogen and oxygen atoms in total. The average Bonchev–Trinajstić information content (AvgIpc) is 2.65. The molecule has 0 unspecified atom stereocenters. The Morgan fingerprint density at radius 2 is 1.52 bits per heavy atom. The standard InChI is InChI=1S/C17H27BO2Si/c1-13(12-21-15-10-8-7-9-11-15)14(2)18-19-16(3,4)17(5,6)20-18/h7-11H,12,21H2,1-6H3. The molecule has 4 heteroatoms. The molecule has 0 bridgehead atoms. The van der Waals surface area contributed by atoms with Gasteiger partial charge < -0.3 is 9.31 Å². The summed E-state index contributed by atoms with van der Waals surface area (Å²) in [5.41, 5.74) is 2.16. The van der Waals surface area contributed by atoms with Crippen molar-refractivity contribution in [3.8, 4) is 0 Å². The van der Waals surface area contributed by atoms with Crippen molar-refractivity contribution >= 4 is 21.8 Å². The Morgan fingerprint density at radius 3 is 2.05 bits per heavy atom. The molecule has 1 aromatic rings. The molecule has 1 aliphatic heterocycles. The van der Waals surface area contributed by atoms with Crippen LogP contribution in [0.5, 0.6) is 0 Å². The van der Waals surface area contributed by atoms with Crippen LogP contribution < -0.4 is 5.19 Å². The summed E-state index contributed by atoms with van der Waals surface area (Å²) in [6, 6.07) is 12.0. The van der Waals surface area contributed by atoms with Crippen LogP contribution in [0.2, 0.25) is 6.04 Å². The van der Waals surface area contributed by atoms with E-state index in [0.29, 0.717) is 0 Å². The van der Waals surface area contributed by atoms with E-state index in [0.717, 1.165) is 0 Å². The summed E-state index contributed by atoms with van der Waals surface area (Å²) < 4.78 is 12.3. The normalized spacial score (nSPS) is 21.9. The first-order valence-corrected chi connectivity index (χ1v) is 9.49. The summed E-state index contributed by atoms with van der Waals surface area (Å²) in [5, 5.41) is 1.51. The average molecular weight is 302 g/mol. The van der Waals surface area contributed by atoms with Crippen LogP contribution in [-0.4, -0.2) is 27.8 Å². The number of allylic oxidation sites excluding steroid dienone is 2. The van der Waals surface area contributed by atoms with Gasteiger partial charge in [-0.25, -0.2) is 0 Å². The van der Waals surface area contributed by atoms with Crippen LogP contribution in [0.15, 0.2) is 41.4 Å². The fourth-order valence-corrected chi connectivity index (χ4v) is 4.06. The number of benzene rings is 1. The van der Waals surface area contributed by atoms with Crippen molar-refractivity contribution in [3.63, 3.8) is 0 Å². The van der Waals surface area contributed by atoms with Crippen molar-refractivity contribution in [1.82, 2.24) is 0 Å². The van der Waals surface area contributed by atoms with Gasteiger partial charge in [0.15, 0.2) is 0 Å². The first-order chi connectivity index (χ1) is 9.73. The molecule has 114 valence electrons. The van der Waals surface area contributed by atoms with E-state index in [1.807, 2.05) is 0 Å². The fraction of sp³-hybridized carbons (Fsp3) is 0.529. The van der Waals surface area contributed by atoms with Gasteiger partial charge in [-0.05, 0) is 53.1 Å². The largest absolute Gasteiger partial charge is 0.490 e. The summed E-state index contributed by atoms with van der Waals surface area (Å²) in [6.45, 7) is 12.8. The molecule has 2 rings (SSSR count). The molecule has 0 spiro atoms. The van der Waals surface area contributed by atoms with E-state index in [-0.39, 0.29) is 27.8 Å². The minimum absolute atomic E-state index is 0.195. The predicted molar refractivity (Wildman–Crippen MR) is 93.9 cm³/mol. The maximum absolute atomic E-state index is 6.13. The minimum atomic E-state index is -0.254. The third-order valence-corrected chi connectivity index (χ3v) is 6.96. The molecule has 0 radical (unpaired) electrons. The lowest BCUT2D eigenvalue weighted by Crippen LogP contribution is -2.41. The molecule has 0 aliphatic carbocycles. The SMILES string of the molecule is CC(C[SiH2]c1ccccc1)=C(C)B1OC(C)(C)C(C)(C)O1. The quantitative estimate of drug-likeness (QED) is 0.796. The highest BCUT2D eigenvalue weighted by Crippen LogP contribution is 2.39. The fourth-order valence-electron chi connectivity index (χ4n) is 2.39. The Bertz CT molecular complexity index is 507. The zero-order valence-electron chi connectivity index (χ0n) is 14.2. The van der Waals surface area contributed by atoms with Crippen LogP contribution in [-0.2, 0) is 9.31 Å². The third kappa shape index (κ3) is 3.68. The second kappa shape index (κ2) is 6.11. The molecule has 0 N–H and O–H groups in total. The third-order valence-electron chi connectivity index (χ3n) is 4.91. The summed E-state index contributed by atoms with van der Waals surface area (Å²) in [6.07, 6.45) is 0. The van der Waals surface area contributed by atoms with Crippen molar-refractivity contribution in [2.24, 2.45) is 0 Å². The molecule has 21 heavy (non-hydrogen) atoms. The molecule has 1 fully saturated rings. The zero-order valence-corrected chi connectivity index (χ0v) is 15.6. The molecule has 0 atom stereocenters.